The lowest BCUT2D eigenvalue weighted by atomic mass is 10.0. The Balaban J connectivity index is 2.67. The second-order valence-corrected chi connectivity index (χ2v) is 3.50. The van der Waals surface area contributed by atoms with Gasteiger partial charge in [-0.2, -0.15) is 0 Å². The van der Waals surface area contributed by atoms with Crippen molar-refractivity contribution >= 4 is 22.8 Å². The van der Waals surface area contributed by atoms with Gasteiger partial charge >= 0.3 is 5.97 Å². The van der Waals surface area contributed by atoms with Crippen LogP contribution in [0.3, 0.4) is 0 Å². The van der Waals surface area contributed by atoms with Gasteiger partial charge in [-0.1, -0.05) is 43.0 Å². The number of benzene rings is 2. The van der Waals surface area contributed by atoms with Crippen molar-refractivity contribution in [3.05, 3.63) is 48.5 Å². The molecule has 80 valence electrons. The molecule has 0 unspecified atom stereocenters. The molecule has 0 saturated carbocycles. The monoisotopic (exact) mass is 212 g/mol. The Morgan fingerprint density at radius 2 is 2.00 bits per heavy atom. The van der Waals surface area contributed by atoms with Crippen molar-refractivity contribution in [2.24, 2.45) is 0 Å². The first kappa shape index (κ1) is 10.4. The van der Waals surface area contributed by atoms with Crippen molar-refractivity contribution in [1.82, 2.24) is 0 Å². The highest BCUT2D eigenvalue weighted by atomic mass is 16.5. The second kappa shape index (κ2) is 4.19. The molecule has 0 aliphatic carbocycles. The molecule has 2 aromatic rings. The summed E-state index contributed by atoms with van der Waals surface area (Å²) in [6.07, 6.45) is 1.71. The van der Waals surface area contributed by atoms with E-state index in [0.717, 1.165) is 16.3 Å². The SMILES string of the molecule is C=Cc1c(OC(C)=O)ccc2ccccc12. The summed E-state index contributed by atoms with van der Waals surface area (Å²) in [5.74, 6) is 0.236. The molecule has 2 rings (SSSR count). The van der Waals surface area contributed by atoms with E-state index in [1.54, 1.807) is 12.1 Å². The van der Waals surface area contributed by atoms with Gasteiger partial charge in [0.2, 0.25) is 0 Å². The van der Waals surface area contributed by atoms with E-state index in [1.807, 2.05) is 30.3 Å². The first-order valence-electron chi connectivity index (χ1n) is 5.05. The number of hydrogen-bond donors (Lipinski definition) is 0. The van der Waals surface area contributed by atoms with Gasteiger partial charge in [0.05, 0.1) is 0 Å². The van der Waals surface area contributed by atoms with Crippen LogP contribution in [0.25, 0.3) is 16.8 Å². The lowest BCUT2D eigenvalue weighted by Gasteiger charge is -2.08. The molecule has 0 atom stereocenters. The Bertz CT molecular complexity index is 556. The highest BCUT2D eigenvalue weighted by molar-refractivity contribution is 5.93. The normalized spacial score (nSPS) is 10.1. The summed E-state index contributed by atoms with van der Waals surface area (Å²) in [4.78, 5) is 11.0. The minimum Gasteiger partial charge on any atom is -0.426 e. The maximum Gasteiger partial charge on any atom is 0.308 e. The molecule has 0 aliphatic rings. The molecule has 2 heteroatoms. The fraction of sp³-hybridized carbons (Fsp3) is 0.0714. The fourth-order valence-electron chi connectivity index (χ4n) is 1.73. The Labute approximate surface area is 94.2 Å². The highest BCUT2D eigenvalue weighted by Crippen LogP contribution is 2.28. The molecule has 0 fully saturated rings. The van der Waals surface area contributed by atoms with Gasteiger partial charge in [-0.05, 0) is 16.8 Å². The predicted molar refractivity (Wildman–Crippen MR) is 65.3 cm³/mol. The second-order valence-electron chi connectivity index (χ2n) is 3.50. The summed E-state index contributed by atoms with van der Waals surface area (Å²) in [7, 11) is 0. The number of fused-ring (bicyclic) bond motifs is 1. The number of ether oxygens (including phenoxy) is 1. The van der Waals surface area contributed by atoms with E-state index in [4.69, 9.17) is 4.74 Å². The quantitative estimate of drug-likeness (QED) is 0.563. The van der Waals surface area contributed by atoms with Crippen LogP contribution in [0.2, 0.25) is 0 Å². The molecule has 0 bridgehead atoms. The van der Waals surface area contributed by atoms with Gasteiger partial charge in [-0.3, -0.25) is 4.79 Å². The van der Waals surface area contributed by atoms with Crippen LogP contribution in [0.15, 0.2) is 43.0 Å². The van der Waals surface area contributed by atoms with Gasteiger partial charge < -0.3 is 4.74 Å². The molecule has 0 aromatic heterocycles. The zero-order valence-corrected chi connectivity index (χ0v) is 9.07. The smallest absolute Gasteiger partial charge is 0.308 e. The van der Waals surface area contributed by atoms with Gasteiger partial charge in [0, 0.05) is 12.5 Å². The average molecular weight is 212 g/mol. The van der Waals surface area contributed by atoms with Crippen molar-refractivity contribution < 1.29 is 9.53 Å². The molecule has 2 nitrogen and oxygen atoms in total. The third-order valence-corrected chi connectivity index (χ3v) is 2.39. The van der Waals surface area contributed by atoms with E-state index < -0.39 is 0 Å². The van der Waals surface area contributed by atoms with E-state index in [1.165, 1.54) is 6.92 Å². The Morgan fingerprint density at radius 3 is 2.69 bits per heavy atom. The zero-order chi connectivity index (χ0) is 11.5. The minimum absolute atomic E-state index is 0.321. The summed E-state index contributed by atoms with van der Waals surface area (Å²) in [6, 6.07) is 11.6. The standard InChI is InChI=1S/C14H12O2/c1-3-12-13-7-5-4-6-11(13)8-9-14(12)16-10(2)15/h3-9H,1H2,2H3. The fourth-order valence-corrected chi connectivity index (χ4v) is 1.73. The molecule has 0 spiro atoms. The molecule has 0 radical (unpaired) electrons. The largest absolute Gasteiger partial charge is 0.426 e. The molecule has 0 N–H and O–H groups in total. The summed E-state index contributed by atoms with van der Waals surface area (Å²) in [6.45, 7) is 5.15. The van der Waals surface area contributed by atoms with Gasteiger partial charge in [0.15, 0.2) is 0 Å². The van der Waals surface area contributed by atoms with Crippen LogP contribution in [0.4, 0.5) is 0 Å². The van der Waals surface area contributed by atoms with Gasteiger partial charge in [-0.25, -0.2) is 0 Å². The van der Waals surface area contributed by atoms with E-state index in [-0.39, 0.29) is 5.97 Å². The first-order chi connectivity index (χ1) is 7.72. The van der Waals surface area contributed by atoms with Crippen molar-refractivity contribution in [3.8, 4) is 5.75 Å². The average Bonchev–Trinajstić information content (AvgIpc) is 2.28. The number of esters is 1. The van der Waals surface area contributed by atoms with Crippen LogP contribution in [-0.2, 0) is 4.79 Å². The third kappa shape index (κ3) is 1.82. The molecular weight excluding hydrogens is 200 g/mol. The van der Waals surface area contributed by atoms with Gasteiger partial charge in [-0.15, -0.1) is 0 Å². The predicted octanol–water partition coefficient (Wildman–Crippen LogP) is 3.41. The Morgan fingerprint density at radius 1 is 1.25 bits per heavy atom. The molecule has 0 heterocycles. The number of carbonyl (C=O) groups is 1. The van der Waals surface area contributed by atoms with Crippen molar-refractivity contribution in [3.63, 3.8) is 0 Å². The summed E-state index contributed by atoms with van der Waals surface area (Å²) in [5.41, 5.74) is 0.855. The number of hydrogen-bond acceptors (Lipinski definition) is 2. The molecule has 0 aliphatic heterocycles. The van der Waals surface area contributed by atoms with Crippen molar-refractivity contribution in [1.29, 1.82) is 0 Å². The maximum absolute atomic E-state index is 11.0. The van der Waals surface area contributed by atoms with Gasteiger partial charge in [0.25, 0.3) is 0 Å². The Kier molecular flexibility index (Phi) is 2.73. The van der Waals surface area contributed by atoms with Crippen LogP contribution in [0, 0.1) is 0 Å². The summed E-state index contributed by atoms with van der Waals surface area (Å²) >= 11 is 0. The number of rotatable bonds is 2. The maximum atomic E-state index is 11.0. The topological polar surface area (TPSA) is 26.3 Å². The number of carbonyl (C=O) groups excluding carboxylic acids is 1. The molecule has 2 aromatic carbocycles. The van der Waals surface area contributed by atoms with Crippen LogP contribution in [0.5, 0.6) is 5.75 Å². The van der Waals surface area contributed by atoms with Crippen molar-refractivity contribution in [2.45, 2.75) is 6.92 Å². The van der Waals surface area contributed by atoms with E-state index >= 15 is 0 Å². The lowest BCUT2D eigenvalue weighted by Crippen LogP contribution is -2.02. The van der Waals surface area contributed by atoms with Crippen LogP contribution < -0.4 is 4.74 Å². The van der Waals surface area contributed by atoms with Crippen molar-refractivity contribution in [2.75, 3.05) is 0 Å². The third-order valence-electron chi connectivity index (χ3n) is 2.39. The Hall–Kier alpha value is -2.09. The minimum atomic E-state index is -0.321. The van der Waals surface area contributed by atoms with E-state index in [9.17, 15) is 4.79 Å². The first-order valence-corrected chi connectivity index (χ1v) is 5.05. The van der Waals surface area contributed by atoms with Gasteiger partial charge in [0.1, 0.15) is 5.75 Å². The van der Waals surface area contributed by atoms with Crippen LogP contribution in [-0.4, -0.2) is 5.97 Å². The van der Waals surface area contributed by atoms with E-state index in [0.29, 0.717) is 5.75 Å². The molecular formula is C14H12O2. The lowest BCUT2D eigenvalue weighted by molar-refractivity contribution is -0.131. The van der Waals surface area contributed by atoms with E-state index in [2.05, 4.69) is 6.58 Å². The molecule has 0 saturated heterocycles. The summed E-state index contributed by atoms with van der Waals surface area (Å²) < 4.78 is 5.13. The van der Waals surface area contributed by atoms with Crippen LogP contribution in [0.1, 0.15) is 12.5 Å². The zero-order valence-electron chi connectivity index (χ0n) is 9.07. The van der Waals surface area contributed by atoms with Crippen LogP contribution >= 0.6 is 0 Å². The molecule has 0 amide bonds. The summed E-state index contributed by atoms with van der Waals surface area (Å²) in [5, 5.41) is 2.14. The highest BCUT2D eigenvalue weighted by Gasteiger charge is 2.07. The molecule has 16 heavy (non-hydrogen) atoms.